The molecule has 0 aromatic heterocycles. The minimum absolute atomic E-state index is 0.157. The average molecular weight is 271 g/mol. The van der Waals surface area contributed by atoms with Crippen LogP contribution in [0.3, 0.4) is 0 Å². The average Bonchev–Trinajstić information content (AvgIpc) is 2.66. The van der Waals surface area contributed by atoms with Gasteiger partial charge in [-0.1, -0.05) is 11.6 Å². The zero-order valence-electron chi connectivity index (χ0n) is 8.26. The van der Waals surface area contributed by atoms with Gasteiger partial charge in [0.15, 0.2) is 0 Å². The fraction of sp³-hybridized carbons (Fsp3) is 0.333. The van der Waals surface area contributed by atoms with E-state index in [0.29, 0.717) is 16.5 Å². The Kier molecular flexibility index (Phi) is 3.10. The van der Waals surface area contributed by atoms with Crippen molar-refractivity contribution in [3.63, 3.8) is 0 Å². The second kappa shape index (κ2) is 4.35. The van der Waals surface area contributed by atoms with E-state index in [1.54, 1.807) is 0 Å². The molecule has 0 aliphatic heterocycles. The second-order valence-electron chi connectivity index (χ2n) is 3.83. The Morgan fingerprint density at radius 1 is 1.40 bits per heavy atom. The third-order valence-corrected chi connectivity index (χ3v) is 3.26. The van der Waals surface area contributed by atoms with E-state index in [2.05, 4.69) is 22.0 Å². The molecule has 15 heavy (non-hydrogen) atoms. The Morgan fingerprint density at radius 3 is 2.87 bits per heavy atom. The van der Waals surface area contributed by atoms with Gasteiger partial charge in [-0.3, -0.25) is 0 Å². The Hall–Kier alpha value is -0.830. The summed E-state index contributed by atoms with van der Waals surface area (Å²) < 4.78 is 13.5. The highest BCUT2D eigenvalue weighted by molar-refractivity contribution is 9.10. The van der Waals surface area contributed by atoms with Crippen LogP contribution in [-0.4, -0.2) is 5.11 Å². The number of rotatable bonds is 2. The number of phenols is 1. The van der Waals surface area contributed by atoms with Crippen LogP contribution in [0.1, 0.15) is 24.8 Å². The topological polar surface area (TPSA) is 20.2 Å². The lowest BCUT2D eigenvalue weighted by Gasteiger charge is -2.07. The van der Waals surface area contributed by atoms with Gasteiger partial charge in [-0.2, -0.15) is 0 Å². The van der Waals surface area contributed by atoms with Gasteiger partial charge in [-0.25, -0.2) is 4.39 Å². The quantitative estimate of drug-likeness (QED) is 0.807. The molecule has 1 aliphatic carbocycles. The number of benzene rings is 1. The molecule has 0 bridgehead atoms. The van der Waals surface area contributed by atoms with E-state index in [1.807, 2.05) is 0 Å². The van der Waals surface area contributed by atoms with Crippen LogP contribution < -0.4 is 0 Å². The van der Waals surface area contributed by atoms with Crippen molar-refractivity contribution in [2.45, 2.75) is 25.7 Å². The van der Waals surface area contributed by atoms with E-state index in [4.69, 9.17) is 0 Å². The largest absolute Gasteiger partial charge is 0.506 e. The molecule has 0 radical (unpaired) electrons. The number of hydrogen-bond acceptors (Lipinski definition) is 1. The summed E-state index contributed by atoms with van der Waals surface area (Å²) in [7, 11) is 0. The number of phenolic OH excluding ortho intramolecular Hbond substituents is 1. The van der Waals surface area contributed by atoms with Gasteiger partial charge < -0.3 is 5.11 Å². The number of hydrogen-bond donors (Lipinski definition) is 1. The predicted molar refractivity (Wildman–Crippen MR) is 61.4 cm³/mol. The summed E-state index contributed by atoms with van der Waals surface area (Å²) >= 11 is 3.14. The van der Waals surface area contributed by atoms with Crippen molar-refractivity contribution in [1.29, 1.82) is 0 Å². The smallest absolute Gasteiger partial charge is 0.133 e. The summed E-state index contributed by atoms with van der Waals surface area (Å²) in [5.41, 5.74) is 1.96. The highest BCUT2D eigenvalue weighted by Gasteiger charge is 2.12. The molecule has 0 fully saturated rings. The minimum Gasteiger partial charge on any atom is -0.506 e. The van der Waals surface area contributed by atoms with Gasteiger partial charge in [0, 0.05) is 5.56 Å². The molecule has 1 aromatic carbocycles. The van der Waals surface area contributed by atoms with Crippen molar-refractivity contribution in [1.82, 2.24) is 0 Å². The Morgan fingerprint density at radius 2 is 2.20 bits per heavy atom. The molecule has 1 nitrogen and oxygen atoms in total. The molecular weight excluding hydrogens is 259 g/mol. The number of allylic oxidation sites excluding steroid dienone is 2. The maximum Gasteiger partial charge on any atom is 0.133 e. The molecule has 0 unspecified atom stereocenters. The highest BCUT2D eigenvalue weighted by Crippen LogP contribution is 2.32. The third-order valence-electron chi connectivity index (χ3n) is 2.66. The van der Waals surface area contributed by atoms with Gasteiger partial charge in [0.25, 0.3) is 0 Å². The summed E-state index contributed by atoms with van der Waals surface area (Å²) in [4.78, 5) is 0. The van der Waals surface area contributed by atoms with Crippen LogP contribution in [0.2, 0.25) is 0 Å². The molecule has 80 valence electrons. The third kappa shape index (κ3) is 2.40. The number of halogens is 2. The van der Waals surface area contributed by atoms with E-state index in [1.165, 1.54) is 24.1 Å². The van der Waals surface area contributed by atoms with Crippen LogP contribution in [0, 0.1) is 5.82 Å². The second-order valence-corrected chi connectivity index (χ2v) is 4.68. The van der Waals surface area contributed by atoms with Crippen molar-refractivity contribution in [3.8, 4) is 5.75 Å². The molecule has 0 amide bonds. The van der Waals surface area contributed by atoms with Crippen molar-refractivity contribution < 1.29 is 9.50 Å². The molecule has 0 spiro atoms. The summed E-state index contributed by atoms with van der Waals surface area (Å²) in [6.45, 7) is 0. The molecule has 1 N–H and O–H groups in total. The molecule has 1 aromatic rings. The minimum atomic E-state index is -0.312. The lowest BCUT2D eigenvalue weighted by molar-refractivity contribution is 0.463. The molecule has 0 saturated heterocycles. The SMILES string of the molecule is Oc1c(Br)cc(F)cc1CC1=CCCC1. The van der Waals surface area contributed by atoms with Crippen molar-refractivity contribution >= 4 is 15.9 Å². The first-order chi connectivity index (χ1) is 7.16. The standard InChI is InChI=1S/C12H12BrFO/c13-11-7-10(14)6-9(12(11)15)5-8-3-1-2-4-8/h3,6-7,15H,1-2,4-5H2. The Balaban J connectivity index is 2.27. The lowest BCUT2D eigenvalue weighted by atomic mass is 10.0. The van der Waals surface area contributed by atoms with Crippen LogP contribution in [0.15, 0.2) is 28.3 Å². The van der Waals surface area contributed by atoms with E-state index in [0.717, 1.165) is 12.8 Å². The van der Waals surface area contributed by atoms with E-state index in [-0.39, 0.29) is 11.6 Å². The van der Waals surface area contributed by atoms with Gasteiger partial charge in [0.05, 0.1) is 4.47 Å². The number of aromatic hydroxyl groups is 1. The summed E-state index contributed by atoms with van der Waals surface area (Å²) in [6, 6.07) is 2.68. The van der Waals surface area contributed by atoms with Crippen molar-refractivity contribution in [3.05, 3.63) is 39.6 Å². The normalized spacial score (nSPS) is 15.5. The summed E-state index contributed by atoms with van der Waals surface area (Å²) in [6.07, 6.45) is 6.17. The van der Waals surface area contributed by atoms with Crippen LogP contribution in [0.25, 0.3) is 0 Å². The maximum atomic E-state index is 13.1. The molecule has 2 rings (SSSR count). The van der Waals surface area contributed by atoms with E-state index >= 15 is 0 Å². The Labute approximate surface area is 96.8 Å². The molecule has 0 heterocycles. The molecule has 0 atom stereocenters. The van der Waals surface area contributed by atoms with E-state index in [9.17, 15) is 9.50 Å². The monoisotopic (exact) mass is 270 g/mol. The zero-order valence-corrected chi connectivity index (χ0v) is 9.85. The van der Waals surface area contributed by atoms with Crippen molar-refractivity contribution in [2.24, 2.45) is 0 Å². The summed E-state index contributed by atoms with van der Waals surface area (Å²) in [5, 5.41) is 9.74. The molecular formula is C12H12BrFO. The van der Waals surface area contributed by atoms with Crippen LogP contribution in [-0.2, 0) is 6.42 Å². The molecule has 1 aliphatic rings. The van der Waals surface area contributed by atoms with E-state index < -0.39 is 0 Å². The van der Waals surface area contributed by atoms with Gasteiger partial charge in [0.2, 0.25) is 0 Å². The fourth-order valence-electron chi connectivity index (χ4n) is 1.90. The maximum absolute atomic E-state index is 13.1. The molecule has 3 heteroatoms. The van der Waals surface area contributed by atoms with Crippen LogP contribution in [0.4, 0.5) is 4.39 Å². The first kappa shape index (κ1) is 10.7. The van der Waals surface area contributed by atoms with Gasteiger partial charge in [-0.15, -0.1) is 0 Å². The highest BCUT2D eigenvalue weighted by atomic mass is 79.9. The zero-order chi connectivity index (χ0) is 10.8. The molecule has 0 saturated carbocycles. The Bertz CT molecular complexity index is 412. The van der Waals surface area contributed by atoms with Crippen LogP contribution in [0.5, 0.6) is 5.75 Å². The predicted octanol–water partition coefficient (Wildman–Crippen LogP) is 3.95. The van der Waals surface area contributed by atoms with Gasteiger partial charge in [0.1, 0.15) is 11.6 Å². The fourth-order valence-corrected chi connectivity index (χ4v) is 2.37. The first-order valence-corrected chi connectivity index (χ1v) is 5.81. The van der Waals surface area contributed by atoms with Crippen LogP contribution >= 0.6 is 15.9 Å². The van der Waals surface area contributed by atoms with Gasteiger partial charge in [-0.05, 0) is 53.7 Å². The van der Waals surface area contributed by atoms with Gasteiger partial charge >= 0.3 is 0 Å². The lowest BCUT2D eigenvalue weighted by Crippen LogP contribution is -1.91. The van der Waals surface area contributed by atoms with Crippen molar-refractivity contribution in [2.75, 3.05) is 0 Å². The first-order valence-electron chi connectivity index (χ1n) is 5.01. The summed E-state index contributed by atoms with van der Waals surface area (Å²) in [5.74, 6) is -0.155.